The molecule has 0 aromatic heterocycles. The molecule has 0 radical (unpaired) electrons. The van der Waals surface area contributed by atoms with Gasteiger partial charge in [-0.1, -0.05) is 120 Å². The highest BCUT2D eigenvalue weighted by atomic mass is 28.4. The molecule has 0 aliphatic carbocycles. The van der Waals surface area contributed by atoms with Crippen molar-refractivity contribution in [2.24, 2.45) is 17.8 Å². The fourth-order valence-corrected chi connectivity index (χ4v) is 9.31. The van der Waals surface area contributed by atoms with Crippen LogP contribution in [0.4, 0.5) is 0 Å². The van der Waals surface area contributed by atoms with Gasteiger partial charge >= 0.3 is 11.9 Å². The first kappa shape index (κ1) is 58.1. The molecule has 348 valence electrons. The van der Waals surface area contributed by atoms with E-state index < -0.39 is 42.6 Å². The molecular formula is C49H92O8Si3. The summed E-state index contributed by atoms with van der Waals surface area (Å²) in [5, 5.41) is 10.7. The lowest BCUT2D eigenvalue weighted by atomic mass is 9.90. The van der Waals surface area contributed by atoms with Gasteiger partial charge in [-0.15, -0.1) is 6.58 Å². The maximum atomic E-state index is 13.7. The quantitative estimate of drug-likeness (QED) is 0.0419. The molecule has 0 amide bonds. The van der Waals surface area contributed by atoms with Gasteiger partial charge in [0.25, 0.3) is 0 Å². The lowest BCUT2D eigenvalue weighted by molar-refractivity contribution is -0.164. The molecular weight excluding hydrogens is 801 g/mol. The van der Waals surface area contributed by atoms with E-state index in [1.54, 1.807) is 6.08 Å². The zero-order valence-electron chi connectivity index (χ0n) is 42.4. The monoisotopic (exact) mass is 893 g/mol. The van der Waals surface area contributed by atoms with Crippen LogP contribution in [0.25, 0.3) is 0 Å². The lowest BCUT2D eigenvalue weighted by Crippen LogP contribution is -2.45. The Morgan fingerprint density at radius 2 is 1.23 bits per heavy atom. The minimum absolute atomic E-state index is 0.0206. The van der Waals surface area contributed by atoms with Crippen LogP contribution >= 0.6 is 0 Å². The van der Waals surface area contributed by atoms with Gasteiger partial charge in [0.1, 0.15) is 12.2 Å². The largest absolute Gasteiger partial charge is 0.459 e. The molecule has 0 aromatic carbocycles. The standard InChI is InChI=1S/C49H92O8Si3/c1-25-28-36(4)43(32-38(6)40(8)56-59(21,22)47(12,13)14)55-44(50)33-37(5)39(7)42(57-60(23,24)48(15,16)17)30-27-29-41(54-45(51)49(18,52)26-2)31-35(3)34-53-58(19,20)46(9,10)11/h25-27,30,33,36,38-43,52H,1-3,28-29,31-32,34H2,4-24H3/b30-27+,37-33+/t36-,38-,39+,40-,41-,42-,43+,49+/m0/s1. The highest BCUT2D eigenvalue weighted by Crippen LogP contribution is 2.41. The summed E-state index contributed by atoms with van der Waals surface area (Å²) in [7, 11) is -6.32. The Balaban J connectivity index is 6.59. The van der Waals surface area contributed by atoms with Crippen LogP contribution in [-0.4, -0.2) is 78.6 Å². The molecule has 60 heavy (non-hydrogen) atoms. The van der Waals surface area contributed by atoms with Crippen LogP contribution in [0.15, 0.2) is 61.3 Å². The predicted molar refractivity (Wildman–Crippen MR) is 262 cm³/mol. The van der Waals surface area contributed by atoms with Crippen LogP contribution in [0.2, 0.25) is 54.4 Å². The smallest absolute Gasteiger partial charge is 0.342 e. The first-order valence-corrected chi connectivity index (χ1v) is 31.0. The van der Waals surface area contributed by atoms with Crippen LogP contribution in [0.5, 0.6) is 0 Å². The van der Waals surface area contributed by atoms with Gasteiger partial charge in [0.15, 0.2) is 30.6 Å². The predicted octanol–water partition coefficient (Wildman–Crippen LogP) is 13.3. The number of hydrogen-bond acceptors (Lipinski definition) is 8. The molecule has 0 aromatic rings. The fraction of sp³-hybridized carbons (Fsp3) is 0.755. The summed E-state index contributed by atoms with van der Waals surface area (Å²) in [5.74, 6) is -1.07. The highest BCUT2D eigenvalue weighted by molar-refractivity contribution is 6.75. The van der Waals surface area contributed by atoms with E-state index in [1.807, 2.05) is 25.2 Å². The van der Waals surface area contributed by atoms with Gasteiger partial charge in [0.05, 0.1) is 12.7 Å². The Bertz CT molecular complexity index is 1470. The van der Waals surface area contributed by atoms with Crippen molar-refractivity contribution in [1.82, 2.24) is 0 Å². The maximum Gasteiger partial charge on any atom is 0.342 e. The van der Waals surface area contributed by atoms with E-state index in [2.05, 4.69) is 149 Å². The van der Waals surface area contributed by atoms with E-state index in [1.165, 1.54) is 13.0 Å². The Kier molecular flexibility index (Phi) is 22.5. The number of ether oxygens (including phenoxy) is 2. The zero-order valence-corrected chi connectivity index (χ0v) is 45.4. The first-order chi connectivity index (χ1) is 26.9. The number of esters is 2. The lowest BCUT2D eigenvalue weighted by Gasteiger charge is -2.40. The molecule has 11 heteroatoms. The highest BCUT2D eigenvalue weighted by Gasteiger charge is 2.42. The van der Waals surface area contributed by atoms with E-state index in [0.29, 0.717) is 25.9 Å². The third-order valence-electron chi connectivity index (χ3n) is 13.7. The van der Waals surface area contributed by atoms with Crippen molar-refractivity contribution in [2.45, 2.75) is 214 Å². The average Bonchev–Trinajstić information content (AvgIpc) is 3.07. The summed E-state index contributed by atoms with van der Waals surface area (Å²) in [6.07, 6.45) is 9.52. The van der Waals surface area contributed by atoms with Crippen LogP contribution in [0.3, 0.4) is 0 Å². The van der Waals surface area contributed by atoms with Crippen molar-refractivity contribution >= 4 is 36.9 Å². The van der Waals surface area contributed by atoms with Crippen molar-refractivity contribution in [3.63, 3.8) is 0 Å². The summed E-state index contributed by atoms with van der Waals surface area (Å²) in [6, 6.07) is 0. The molecule has 8 nitrogen and oxygen atoms in total. The van der Waals surface area contributed by atoms with Crippen molar-refractivity contribution in [2.75, 3.05) is 6.61 Å². The second-order valence-corrected chi connectivity index (χ2v) is 36.7. The van der Waals surface area contributed by atoms with Gasteiger partial charge in [-0.2, -0.15) is 0 Å². The number of aliphatic hydroxyl groups is 1. The molecule has 1 N–H and O–H groups in total. The van der Waals surface area contributed by atoms with E-state index in [9.17, 15) is 14.7 Å². The molecule has 0 spiro atoms. The number of carbonyl (C=O) groups excluding carboxylic acids is 2. The topological polar surface area (TPSA) is 101 Å². The Morgan fingerprint density at radius 1 is 0.733 bits per heavy atom. The summed E-state index contributed by atoms with van der Waals surface area (Å²) < 4.78 is 32.4. The summed E-state index contributed by atoms with van der Waals surface area (Å²) in [5.41, 5.74) is -0.193. The maximum absolute atomic E-state index is 13.7. The van der Waals surface area contributed by atoms with E-state index in [4.69, 9.17) is 22.8 Å². The second kappa shape index (κ2) is 23.2. The van der Waals surface area contributed by atoms with Gasteiger partial charge in [-0.05, 0) is 111 Å². The Morgan fingerprint density at radius 3 is 1.70 bits per heavy atom. The van der Waals surface area contributed by atoms with Crippen LogP contribution in [-0.2, 0) is 32.3 Å². The van der Waals surface area contributed by atoms with Gasteiger partial charge < -0.3 is 27.9 Å². The molecule has 0 unspecified atom stereocenters. The minimum atomic E-state index is -2.30. The van der Waals surface area contributed by atoms with Gasteiger partial charge in [-0.3, -0.25) is 0 Å². The van der Waals surface area contributed by atoms with Crippen molar-refractivity contribution in [3.05, 3.63) is 61.3 Å². The molecule has 0 saturated heterocycles. The van der Waals surface area contributed by atoms with E-state index in [0.717, 1.165) is 17.6 Å². The Hall–Kier alpha value is -1.87. The fourth-order valence-electron chi connectivity index (χ4n) is 5.48. The van der Waals surface area contributed by atoms with Crippen molar-refractivity contribution < 1.29 is 37.4 Å². The molecule has 0 rings (SSSR count). The van der Waals surface area contributed by atoms with Crippen molar-refractivity contribution in [1.29, 1.82) is 0 Å². The molecule has 0 aliphatic heterocycles. The van der Waals surface area contributed by atoms with Gasteiger partial charge in [-0.25, -0.2) is 9.59 Å². The normalized spacial score (nSPS) is 18.4. The van der Waals surface area contributed by atoms with Crippen LogP contribution in [0.1, 0.15) is 130 Å². The van der Waals surface area contributed by atoms with Crippen molar-refractivity contribution in [3.8, 4) is 0 Å². The summed E-state index contributed by atoms with van der Waals surface area (Å²) in [4.78, 5) is 26.8. The number of rotatable bonds is 25. The molecule has 0 aliphatic rings. The first-order valence-electron chi connectivity index (χ1n) is 22.2. The minimum Gasteiger partial charge on any atom is -0.459 e. The molecule has 0 heterocycles. The third-order valence-corrected chi connectivity index (χ3v) is 27.2. The third kappa shape index (κ3) is 18.9. The molecule has 8 atom stereocenters. The summed E-state index contributed by atoms with van der Waals surface area (Å²) in [6.45, 7) is 57.3. The van der Waals surface area contributed by atoms with Gasteiger partial charge in [0.2, 0.25) is 0 Å². The van der Waals surface area contributed by atoms with Crippen LogP contribution in [0, 0.1) is 17.8 Å². The molecule has 0 bridgehead atoms. The summed E-state index contributed by atoms with van der Waals surface area (Å²) >= 11 is 0. The SMILES string of the molecule is C=CC[C@H](C)[C@@H](C[C@H](C)[C@H](C)O[Si](C)(C)C(C)(C)C)OC(=O)/C=C(\C)[C@@H](C)[C@H](/C=C/C[C@@H](CC(=C)CO[Si](C)(C)C(C)(C)C)OC(=O)[C@](C)(O)C=C)O[Si](C)(C)C(C)(C)C. The van der Waals surface area contributed by atoms with E-state index >= 15 is 0 Å². The molecule has 0 saturated carbocycles. The number of carbonyl (C=O) groups is 2. The van der Waals surface area contributed by atoms with Gasteiger partial charge in [0, 0.05) is 30.9 Å². The Labute approximate surface area is 372 Å². The van der Waals surface area contributed by atoms with E-state index in [-0.39, 0.29) is 57.1 Å². The second-order valence-electron chi connectivity index (χ2n) is 22.3. The van der Waals surface area contributed by atoms with Crippen LogP contribution < -0.4 is 0 Å². The zero-order chi connectivity index (χ0) is 47.5. The number of hydrogen-bond donors (Lipinski definition) is 1. The molecule has 0 fully saturated rings. The number of allylic oxidation sites excluding steroid dienone is 1. The average molecular weight is 894 g/mol.